The first-order valence-electron chi connectivity index (χ1n) is 4.54. The molecule has 2 heterocycles. The molecule has 2 N–H and O–H groups in total. The highest BCUT2D eigenvalue weighted by Gasteiger charge is 2.18. The second kappa shape index (κ2) is 3.33. The lowest BCUT2D eigenvalue weighted by Crippen LogP contribution is -2.21. The summed E-state index contributed by atoms with van der Waals surface area (Å²) in [5.74, 6) is 0.534. The molecule has 0 bridgehead atoms. The largest absolute Gasteiger partial charge is 0.381 e. The van der Waals surface area contributed by atoms with Crippen molar-refractivity contribution in [1.29, 1.82) is 0 Å². The van der Waals surface area contributed by atoms with Crippen LogP contribution in [-0.4, -0.2) is 28.2 Å². The van der Waals surface area contributed by atoms with E-state index in [1.54, 1.807) is 4.80 Å². The number of anilines is 1. The van der Waals surface area contributed by atoms with Gasteiger partial charge in [0.15, 0.2) is 5.82 Å². The van der Waals surface area contributed by atoms with Crippen LogP contribution in [0.25, 0.3) is 0 Å². The Kier molecular flexibility index (Phi) is 2.18. The Hall–Kier alpha value is -1.10. The van der Waals surface area contributed by atoms with Crippen LogP contribution in [0.2, 0.25) is 0 Å². The van der Waals surface area contributed by atoms with Gasteiger partial charge in [0.25, 0.3) is 0 Å². The average molecular weight is 182 g/mol. The summed E-state index contributed by atoms with van der Waals surface area (Å²) < 4.78 is 5.26. The zero-order valence-corrected chi connectivity index (χ0v) is 7.73. The summed E-state index contributed by atoms with van der Waals surface area (Å²) >= 11 is 0. The second-order valence-electron chi connectivity index (χ2n) is 3.33. The number of aromatic nitrogens is 3. The standard InChI is InChI=1S/C8H14N4O/c1-6-8(9)11-12(10-6)7-2-4-13-5-3-7/h7H,2-5H2,1H3,(H2,9,11). The minimum absolute atomic E-state index is 0.366. The van der Waals surface area contributed by atoms with Crippen molar-refractivity contribution in [2.45, 2.75) is 25.8 Å². The maximum atomic E-state index is 5.62. The first kappa shape index (κ1) is 8.50. The summed E-state index contributed by atoms with van der Waals surface area (Å²) in [6.07, 6.45) is 1.96. The van der Waals surface area contributed by atoms with Crippen molar-refractivity contribution >= 4 is 5.82 Å². The highest BCUT2D eigenvalue weighted by molar-refractivity contribution is 5.30. The van der Waals surface area contributed by atoms with E-state index in [1.165, 1.54) is 0 Å². The quantitative estimate of drug-likeness (QED) is 0.687. The normalized spacial score (nSPS) is 19.2. The Morgan fingerprint density at radius 3 is 2.62 bits per heavy atom. The smallest absolute Gasteiger partial charge is 0.168 e. The fourth-order valence-corrected chi connectivity index (χ4v) is 1.49. The molecule has 0 amide bonds. The maximum absolute atomic E-state index is 5.62. The number of hydrogen-bond donors (Lipinski definition) is 1. The summed E-state index contributed by atoms with van der Waals surface area (Å²) in [5, 5.41) is 8.42. The van der Waals surface area contributed by atoms with Gasteiger partial charge in [0.1, 0.15) is 5.69 Å². The summed E-state index contributed by atoms with van der Waals surface area (Å²) in [6.45, 7) is 3.47. The van der Waals surface area contributed by atoms with Gasteiger partial charge in [0, 0.05) is 13.2 Å². The molecule has 0 atom stereocenters. The monoisotopic (exact) mass is 182 g/mol. The van der Waals surface area contributed by atoms with Gasteiger partial charge in [0.2, 0.25) is 0 Å². The van der Waals surface area contributed by atoms with E-state index >= 15 is 0 Å². The zero-order chi connectivity index (χ0) is 9.26. The van der Waals surface area contributed by atoms with Gasteiger partial charge in [-0.1, -0.05) is 0 Å². The van der Waals surface area contributed by atoms with Gasteiger partial charge >= 0.3 is 0 Å². The third-order valence-electron chi connectivity index (χ3n) is 2.35. The van der Waals surface area contributed by atoms with Gasteiger partial charge in [-0.25, -0.2) is 0 Å². The van der Waals surface area contributed by atoms with Crippen molar-refractivity contribution in [3.05, 3.63) is 5.69 Å². The van der Waals surface area contributed by atoms with Gasteiger partial charge in [-0.05, 0) is 19.8 Å². The molecule has 0 aliphatic carbocycles. The SMILES string of the molecule is Cc1nn(C2CCOCC2)nc1N. The third-order valence-corrected chi connectivity index (χ3v) is 2.35. The van der Waals surface area contributed by atoms with Crippen LogP contribution in [0.15, 0.2) is 0 Å². The molecule has 5 nitrogen and oxygen atoms in total. The van der Waals surface area contributed by atoms with Crippen LogP contribution >= 0.6 is 0 Å². The average Bonchev–Trinajstić information content (AvgIpc) is 2.49. The van der Waals surface area contributed by atoms with Crippen LogP contribution < -0.4 is 5.73 Å². The summed E-state index contributed by atoms with van der Waals surface area (Å²) in [7, 11) is 0. The molecule has 1 aromatic rings. The molecule has 2 rings (SSSR count). The number of rotatable bonds is 1. The topological polar surface area (TPSA) is 66.0 Å². The molecule has 72 valence electrons. The molecule has 1 aliphatic heterocycles. The van der Waals surface area contributed by atoms with Gasteiger partial charge < -0.3 is 10.5 Å². The lowest BCUT2D eigenvalue weighted by atomic mass is 10.1. The lowest BCUT2D eigenvalue weighted by Gasteiger charge is -2.20. The highest BCUT2D eigenvalue weighted by atomic mass is 16.5. The Labute approximate surface area is 76.9 Å². The number of nitrogens with two attached hydrogens (primary N) is 1. The molecule has 5 heteroatoms. The highest BCUT2D eigenvalue weighted by Crippen LogP contribution is 2.19. The molecule has 0 aromatic carbocycles. The first-order chi connectivity index (χ1) is 6.27. The lowest BCUT2D eigenvalue weighted by molar-refractivity contribution is 0.0621. The maximum Gasteiger partial charge on any atom is 0.168 e. The molecular weight excluding hydrogens is 168 g/mol. The van der Waals surface area contributed by atoms with Crippen LogP contribution in [0.3, 0.4) is 0 Å². The van der Waals surface area contributed by atoms with Gasteiger partial charge in [-0.15, -0.1) is 5.10 Å². The number of aryl methyl sites for hydroxylation is 1. The van der Waals surface area contributed by atoms with E-state index in [9.17, 15) is 0 Å². The van der Waals surface area contributed by atoms with E-state index in [4.69, 9.17) is 10.5 Å². The molecule has 0 radical (unpaired) electrons. The van der Waals surface area contributed by atoms with Crippen molar-refractivity contribution in [3.63, 3.8) is 0 Å². The van der Waals surface area contributed by atoms with Crippen molar-refractivity contribution in [2.24, 2.45) is 0 Å². The summed E-state index contributed by atoms with van der Waals surface area (Å²) in [6, 6.07) is 0.366. The van der Waals surface area contributed by atoms with E-state index in [-0.39, 0.29) is 0 Å². The van der Waals surface area contributed by atoms with E-state index in [1.807, 2.05) is 6.92 Å². The van der Waals surface area contributed by atoms with Crippen molar-refractivity contribution in [1.82, 2.24) is 15.0 Å². The summed E-state index contributed by atoms with van der Waals surface area (Å²) in [4.78, 5) is 1.73. The molecule has 0 saturated carbocycles. The van der Waals surface area contributed by atoms with Crippen molar-refractivity contribution in [2.75, 3.05) is 18.9 Å². The molecule has 13 heavy (non-hydrogen) atoms. The zero-order valence-electron chi connectivity index (χ0n) is 7.73. The van der Waals surface area contributed by atoms with Crippen LogP contribution in [0.5, 0.6) is 0 Å². The molecule has 1 saturated heterocycles. The number of ether oxygens (including phenoxy) is 1. The molecular formula is C8H14N4O. The number of nitrogen functional groups attached to an aromatic ring is 1. The Morgan fingerprint density at radius 2 is 2.08 bits per heavy atom. The Morgan fingerprint density at radius 1 is 1.38 bits per heavy atom. The second-order valence-corrected chi connectivity index (χ2v) is 3.33. The van der Waals surface area contributed by atoms with E-state index < -0.39 is 0 Å². The van der Waals surface area contributed by atoms with Gasteiger partial charge in [-0.3, -0.25) is 0 Å². The van der Waals surface area contributed by atoms with Gasteiger partial charge in [-0.2, -0.15) is 9.90 Å². The third kappa shape index (κ3) is 1.65. The fourth-order valence-electron chi connectivity index (χ4n) is 1.49. The molecule has 0 unspecified atom stereocenters. The number of nitrogens with zero attached hydrogens (tertiary/aromatic N) is 3. The van der Waals surface area contributed by atoms with Crippen molar-refractivity contribution in [3.8, 4) is 0 Å². The molecule has 1 fully saturated rings. The first-order valence-corrected chi connectivity index (χ1v) is 4.54. The van der Waals surface area contributed by atoms with Crippen LogP contribution in [0.4, 0.5) is 5.82 Å². The Bertz CT molecular complexity index is 271. The Balaban J connectivity index is 2.14. The molecule has 1 aliphatic rings. The minimum Gasteiger partial charge on any atom is -0.381 e. The minimum atomic E-state index is 0.366. The van der Waals surface area contributed by atoms with Crippen LogP contribution in [-0.2, 0) is 4.74 Å². The van der Waals surface area contributed by atoms with E-state index in [0.717, 1.165) is 31.7 Å². The number of hydrogen-bond acceptors (Lipinski definition) is 4. The molecule has 1 aromatic heterocycles. The van der Waals surface area contributed by atoms with Crippen molar-refractivity contribution < 1.29 is 4.74 Å². The predicted molar refractivity (Wildman–Crippen MR) is 48.3 cm³/mol. The summed E-state index contributed by atoms with van der Waals surface area (Å²) in [5.41, 5.74) is 6.43. The van der Waals surface area contributed by atoms with Crippen LogP contribution in [0.1, 0.15) is 24.6 Å². The molecule has 0 spiro atoms. The fraction of sp³-hybridized carbons (Fsp3) is 0.750. The van der Waals surface area contributed by atoms with E-state index in [2.05, 4.69) is 10.2 Å². The van der Waals surface area contributed by atoms with Crippen LogP contribution in [0, 0.1) is 6.92 Å². The van der Waals surface area contributed by atoms with E-state index in [0.29, 0.717) is 11.9 Å². The predicted octanol–water partition coefficient (Wildman–Crippen LogP) is 0.520. The van der Waals surface area contributed by atoms with Gasteiger partial charge in [0.05, 0.1) is 6.04 Å².